The first kappa shape index (κ1) is 10.5. The monoisotopic (exact) mass is 195 g/mol. The summed E-state index contributed by atoms with van der Waals surface area (Å²) in [6, 6.07) is 0. The second kappa shape index (κ2) is 4.65. The van der Waals surface area contributed by atoms with Crippen molar-refractivity contribution in [3.8, 4) is 0 Å². The highest BCUT2D eigenvalue weighted by atomic mass is 15.1. The van der Waals surface area contributed by atoms with E-state index in [1.54, 1.807) is 0 Å². The normalized spacial score (nSPS) is 37.3. The Morgan fingerprint density at radius 2 is 1.29 bits per heavy atom. The predicted molar refractivity (Wildman–Crippen MR) is 61.3 cm³/mol. The van der Waals surface area contributed by atoms with Crippen molar-refractivity contribution in [2.75, 3.05) is 20.1 Å². The smallest absolute Gasteiger partial charge is 0.00190 e. The summed E-state index contributed by atoms with van der Waals surface area (Å²) in [4.78, 5) is 2.49. The average molecular weight is 195 g/mol. The maximum atomic E-state index is 2.49. The molecule has 1 aliphatic heterocycles. The largest absolute Gasteiger partial charge is 0.306 e. The van der Waals surface area contributed by atoms with Crippen LogP contribution in [0.2, 0.25) is 0 Å². The molecule has 2 fully saturated rings. The molecule has 0 atom stereocenters. The molecular weight excluding hydrogens is 170 g/mol. The lowest BCUT2D eigenvalue weighted by Crippen LogP contribution is -2.34. The minimum atomic E-state index is 1.01. The molecule has 1 heteroatoms. The highest BCUT2D eigenvalue weighted by Crippen LogP contribution is 2.37. The molecule has 2 rings (SSSR count). The summed E-state index contributed by atoms with van der Waals surface area (Å²) in [7, 11) is 2.26. The van der Waals surface area contributed by atoms with Crippen LogP contribution >= 0.6 is 0 Å². The Balaban J connectivity index is 1.78. The van der Waals surface area contributed by atoms with E-state index in [0.29, 0.717) is 0 Å². The Bertz CT molecular complexity index is 142. The second-order valence-corrected chi connectivity index (χ2v) is 5.66. The summed E-state index contributed by atoms with van der Waals surface area (Å²) in [5.74, 6) is 3.16. The van der Waals surface area contributed by atoms with Crippen LogP contribution in [0.25, 0.3) is 0 Å². The Morgan fingerprint density at radius 1 is 0.786 bits per heavy atom. The van der Waals surface area contributed by atoms with Gasteiger partial charge in [0.1, 0.15) is 0 Å². The standard InChI is InChI=1S/C13H25N/c1-11-3-5-12(6-4-11)13-7-9-14(2)10-8-13/h11-13H,3-10H2,1-2H3. The van der Waals surface area contributed by atoms with E-state index < -0.39 is 0 Å². The number of likely N-dealkylation sites (tertiary alicyclic amines) is 1. The van der Waals surface area contributed by atoms with Gasteiger partial charge in [-0.3, -0.25) is 0 Å². The molecule has 0 aromatic carbocycles. The van der Waals surface area contributed by atoms with Gasteiger partial charge in [-0.05, 0) is 63.6 Å². The quantitative estimate of drug-likeness (QED) is 0.621. The van der Waals surface area contributed by atoms with E-state index in [0.717, 1.165) is 17.8 Å². The van der Waals surface area contributed by atoms with Crippen molar-refractivity contribution >= 4 is 0 Å². The molecular formula is C13H25N. The van der Waals surface area contributed by atoms with Crippen LogP contribution in [0, 0.1) is 17.8 Å². The lowest BCUT2D eigenvalue weighted by atomic mass is 9.73. The van der Waals surface area contributed by atoms with E-state index in [1.807, 2.05) is 0 Å². The third kappa shape index (κ3) is 2.50. The van der Waals surface area contributed by atoms with Crippen molar-refractivity contribution in [3.05, 3.63) is 0 Å². The second-order valence-electron chi connectivity index (χ2n) is 5.66. The minimum absolute atomic E-state index is 1.01. The maximum Gasteiger partial charge on any atom is -0.00190 e. The summed E-state index contributed by atoms with van der Waals surface area (Å²) in [6.07, 6.45) is 8.98. The molecule has 0 N–H and O–H groups in total. The van der Waals surface area contributed by atoms with Gasteiger partial charge in [0.25, 0.3) is 0 Å². The van der Waals surface area contributed by atoms with Crippen molar-refractivity contribution in [1.82, 2.24) is 4.90 Å². The van der Waals surface area contributed by atoms with Gasteiger partial charge in [0, 0.05) is 0 Å². The SMILES string of the molecule is CC1CCC(C2CCN(C)CC2)CC1. The maximum absolute atomic E-state index is 2.49. The first-order chi connectivity index (χ1) is 6.75. The summed E-state index contributed by atoms with van der Waals surface area (Å²) in [6.45, 7) is 5.11. The highest BCUT2D eigenvalue weighted by Gasteiger charge is 2.27. The van der Waals surface area contributed by atoms with E-state index in [-0.39, 0.29) is 0 Å². The highest BCUT2D eigenvalue weighted by molar-refractivity contribution is 4.80. The fraction of sp³-hybridized carbons (Fsp3) is 1.00. The third-order valence-electron chi connectivity index (χ3n) is 4.49. The van der Waals surface area contributed by atoms with Crippen molar-refractivity contribution in [1.29, 1.82) is 0 Å². The van der Waals surface area contributed by atoms with Crippen molar-refractivity contribution < 1.29 is 0 Å². The van der Waals surface area contributed by atoms with Crippen LogP contribution < -0.4 is 0 Å². The molecule has 1 saturated carbocycles. The summed E-state index contributed by atoms with van der Waals surface area (Å²) in [5.41, 5.74) is 0. The minimum Gasteiger partial charge on any atom is -0.306 e. The number of piperidine rings is 1. The molecule has 1 saturated heterocycles. The van der Waals surface area contributed by atoms with E-state index in [4.69, 9.17) is 0 Å². The van der Waals surface area contributed by atoms with E-state index in [9.17, 15) is 0 Å². The molecule has 1 heterocycles. The van der Waals surface area contributed by atoms with Crippen LogP contribution in [0.4, 0.5) is 0 Å². The van der Waals surface area contributed by atoms with Crippen molar-refractivity contribution in [2.45, 2.75) is 45.4 Å². The van der Waals surface area contributed by atoms with Gasteiger partial charge >= 0.3 is 0 Å². The first-order valence-corrected chi connectivity index (χ1v) is 6.44. The van der Waals surface area contributed by atoms with Gasteiger partial charge in [-0.25, -0.2) is 0 Å². The van der Waals surface area contributed by atoms with E-state index >= 15 is 0 Å². The number of hydrogen-bond donors (Lipinski definition) is 0. The topological polar surface area (TPSA) is 3.24 Å². The summed E-state index contributed by atoms with van der Waals surface area (Å²) >= 11 is 0. The molecule has 0 bridgehead atoms. The molecule has 0 aromatic rings. The lowest BCUT2D eigenvalue weighted by molar-refractivity contribution is 0.132. The van der Waals surface area contributed by atoms with Gasteiger partial charge in [-0.1, -0.05) is 19.8 Å². The molecule has 82 valence electrons. The average Bonchev–Trinajstić information content (AvgIpc) is 2.21. The van der Waals surface area contributed by atoms with Crippen molar-refractivity contribution in [2.24, 2.45) is 17.8 Å². The number of nitrogens with zero attached hydrogens (tertiary/aromatic N) is 1. The molecule has 0 spiro atoms. The Labute approximate surface area is 88.9 Å². The van der Waals surface area contributed by atoms with Crippen LogP contribution in [0.3, 0.4) is 0 Å². The van der Waals surface area contributed by atoms with Crippen molar-refractivity contribution in [3.63, 3.8) is 0 Å². The molecule has 1 aliphatic carbocycles. The number of rotatable bonds is 1. The molecule has 0 amide bonds. The molecule has 0 unspecified atom stereocenters. The van der Waals surface area contributed by atoms with Crippen LogP contribution in [0.5, 0.6) is 0 Å². The molecule has 0 aromatic heterocycles. The lowest BCUT2D eigenvalue weighted by Gasteiger charge is -2.37. The molecule has 1 nitrogen and oxygen atoms in total. The molecule has 2 aliphatic rings. The Hall–Kier alpha value is -0.0400. The van der Waals surface area contributed by atoms with Gasteiger partial charge in [-0.15, -0.1) is 0 Å². The fourth-order valence-electron chi connectivity index (χ4n) is 3.26. The van der Waals surface area contributed by atoms with Crippen LogP contribution in [0.15, 0.2) is 0 Å². The Morgan fingerprint density at radius 3 is 1.86 bits per heavy atom. The summed E-state index contributed by atoms with van der Waals surface area (Å²) in [5, 5.41) is 0. The van der Waals surface area contributed by atoms with E-state index in [2.05, 4.69) is 18.9 Å². The van der Waals surface area contributed by atoms with E-state index in [1.165, 1.54) is 51.6 Å². The number of hydrogen-bond acceptors (Lipinski definition) is 1. The molecule has 14 heavy (non-hydrogen) atoms. The molecule has 0 radical (unpaired) electrons. The van der Waals surface area contributed by atoms with Gasteiger partial charge in [0.05, 0.1) is 0 Å². The summed E-state index contributed by atoms with van der Waals surface area (Å²) < 4.78 is 0. The first-order valence-electron chi connectivity index (χ1n) is 6.44. The zero-order chi connectivity index (χ0) is 9.97. The zero-order valence-corrected chi connectivity index (χ0v) is 9.84. The van der Waals surface area contributed by atoms with Gasteiger partial charge in [0.15, 0.2) is 0 Å². The van der Waals surface area contributed by atoms with Crippen LogP contribution in [0.1, 0.15) is 45.4 Å². The fourth-order valence-corrected chi connectivity index (χ4v) is 3.26. The van der Waals surface area contributed by atoms with Gasteiger partial charge in [-0.2, -0.15) is 0 Å². The zero-order valence-electron chi connectivity index (χ0n) is 9.84. The van der Waals surface area contributed by atoms with Crippen LogP contribution in [-0.2, 0) is 0 Å². The Kier molecular flexibility index (Phi) is 3.48. The van der Waals surface area contributed by atoms with Gasteiger partial charge in [0.2, 0.25) is 0 Å². The third-order valence-corrected chi connectivity index (χ3v) is 4.49. The van der Waals surface area contributed by atoms with Crippen LogP contribution in [-0.4, -0.2) is 25.0 Å². The predicted octanol–water partition coefficient (Wildman–Crippen LogP) is 3.15. The van der Waals surface area contributed by atoms with Gasteiger partial charge < -0.3 is 4.90 Å².